The number of likely N-dealkylation sites (N-methyl/N-ethyl adjacent to an activating group) is 1. The summed E-state index contributed by atoms with van der Waals surface area (Å²) in [6.45, 7) is 10.1. The summed E-state index contributed by atoms with van der Waals surface area (Å²) in [4.78, 5) is 41.4. The third kappa shape index (κ3) is 6.90. The molecule has 12 heteroatoms. The maximum atomic E-state index is 13.3. The molecule has 3 unspecified atom stereocenters. The minimum atomic E-state index is -0.695. The largest absolute Gasteiger partial charge is 0.518 e. The number of alkyl carbamates (subject to hydrolysis) is 1. The highest BCUT2D eigenvalue weighted by Gasteiger charge is 2.57. The predicted octanol–water partition coefficient (Wildman–Crippen LogP) is 0.570. The molecule has 0 saturated carbocycles. The summed E-state index contributed by atoms with van der Waals surface area (Å²) in [5.41, 5.74) is -0.694. The van der Waals surface area contributed by atoms with Crippen LogP contribution in [-0.4, -0.2) is 123 Å². The van der Waals surface area contributed by atoms with Crippen molar-refractivity contribution < 1.29 is 33.1 Å². The number of amidine groups is 1. The van der Waals surface area contributed by atoms with Crippen LogP contribution in [0.3, 0.4) is 0 Å². The number of nitrogens with zero attached hydrogens (tertiary/aromatic N) is 3. The molecule has 0 radical (unpaired) electrons. The van der Waals surface area contributed by atoms with Crippen molar-refractivity contribution in [2.24, 2.45) is 5.92 Å². The third-order valence-electron chi connectivity index (χ3n) is 6.96. The number of hydrogen-bond donors (Lipinski definition) is 3. The SMILES string of the molecule is COC(=O)CN1CCN(C2C[N+](C)(C(C(=N)NC(=O)OC(C)(C)C)C3CCNCC3)C(=O)O2)CC1. The topological polar surface area (TPSA) is 133 Å². The first-order chi connectivity index (χ1) is 16.4. The van der Waals surface area contributed by atoms with E-state index in [1.54, 1.807) is 27.8 Å². The minimum absolute atomic E-state index is 0.0193. The van der Waals surface area contributed by atoms with E-state index in [-0.39, 0.29) is 28.8 Å². The van der Waals surface area contributed by atoms with Gasteiger partial charge in [0, 0.05) is 32.1 Å². The maximum absolute atomic E-state index is 13.3. The van der Waals surface area contributed by atoms with E-state index in [0.717, 1.165) is 25.9 Å². The molecule has 35 heavy (non-hydrogen) atoms. The van der Waals surface area contributed by atoms with Crippen LogP contribution in [0.2, 0.25) is 0 Å². The van der Waals surface area contributed by atoms with Crippen LogP contribution in [0.15, 0.2) is 0 Å². The van der Waals surface area contributed by atoms with E-state index in [4.69, 9.17) is 19.6 Å². The van der Waals surface area contributed by atoms with Crippen molar-refractivity contribution in [3.05, 3.63) is 0 Å². The van der Waals surface area contributed by atoms with Gasteiger partial charge in [0.2, 0.25) is 6.23 Å². The number of nitrogens with one attached hydrogen (secondary N) is 3. The zero-order valence-electron chi connectivity index (χ0n) is 21.6. The van der Waals surface area contributed by atoms with Crippen LogP contribution in [0.4, 0.5) is 9.59 Å². The zero-order chi connectivity index (χ0) is 25.8. The van der Waals surface area contributed by atoms with Crippen molar-refractivity contribution in [3.63, 3.8) is 0 Å². The summed E-state index contributed by atoms with van der Waals surface area (Å²) in [5.74, 6) is -0.253. The van der Waals surface area contributed by atoms with Crippen LogP contribution in [0.25, 0.3) is 0 Å². The number of quaternary nitrogens is 1. The lowest BCUT2D eigenvalue weighted by Crippen LogP contribution is -2.64. The molecule has 0 aliphatic carbocycles. The number of ether oxygens (including phenoxy) is 3. The van der Waals surface area contributed by atoms with E-state index in [9.17, 15) is 14.4 Å². The quantitative estimate of drug-likeness (QED) is 0.158. The van der Waals surface area contributed by atoms with Gasteiger partial charge in [-0.05, 0) is 46.7 Å². The molecule has 0 bridgehead atoms. The average Bonchev–Trinajstić information content (AvgIpc) is 3.08. The fourth-order valence-corrected chi connectivity index (χ4v) is 5.18. The normalized spacial score (nSPS) is 27.7. The molecule has 3 fully saturated rings. The number of carbonyl (C=O) groups excluding carboxylic acids is 3. The smallest absolute Gasteiger partial charge is 0.468 e. The van der Waals surface area contributed by atoms with Crippen molar-refractivity contribution in [3.8, 4) is 0 Å². The van der Waals surface area contributed by atoms with Gasteiger partial charge in [0.1, 0.15) is 12.1 Å². The number of esters is 1. The first-order valence-electron chi connectivity index (χ1n) is 12.3. The Bertz CT molecular complexity index is 803. The summed E-state index contributed by atoms with van der Waals surface area (Å²) in [6, 6.07) is -0.553. The van der Waals surface area contributed by atoms with Crippen LogP contribution in [0, 0.1) is 11.3 Å². The van der Waals surface area contributed by atoms with E-state index in [0.29, 0.717) is 32.7 Å². The maximum Gasteiger partial charge on any atom is 0.518 e. The fourth-order valence-electron chi connectivity index (χ4n) is 5.18. The van der Waals surface area contributed by atoms with Crippen molar-refractivity contribution in [1.82, 2.24) is 20.4 Å². The van der Waals surface area contributed by atoms with E-state index in [1.807, 2.05) is 4.90 Å². The van der Waals surface area contributed by atoms with Crippen LogP contribution in [-0.2, 0) is 19.0 Å². The number of piperazine rings is 1. The monoisotopic (exact) mass is 497 g/mol. The standard InChI is InChI=1S/C23H40N6O6/c1-23(2,3)35-21(31)26-20(24)19(16-6-8-25-9-7-16)29(4)15-17(34-22(29)32)28-12-10-27(11-13-28)14-18(30)33-5/h16-17,19,25H,6-15H2,1-5H3,(H-,24,26,31)/p+1. The number of amides is 2. The summed E-state index contributed by atoms with van der Waals surface area (Å²) in [7, 11) is 3.18. The molecule has 198 valence electrons. The Balaban J connectivity index is 1.71. The lowest BCUT2D eigenvalue weighted by Gasteiger charge is -2.40. The highest BCUT2D eigenvalue weighted by molar-refractivity contribution is 5.97. The van der Waals surface area contributed by atoms with Crippen molar-refractivity contribution >= 4 is 24.0 Å². The Hall–Kier alpha value is -2.28. The zero-order valence-corrected chi connectivity index (χ0v) is 21.6. The highest BCUT2D eigenvalue weighted by Crippen LogP contribution is 2.33. The van der Waals surface area contributed by atoms with Gasteiger partial charge in [-0.2, -0.15) is 4.79 Å². The molecule has 0 aromatic heterocycles. The van der Waals surface area contributed by atoms with Crippen LogP contribution in [0.1, 0.15) is 33.6 Å². The summed E-state index contributed by atoms with van der Waals surface area (Å²) < 4.78 is 15.9. The Kier molecular flexibility index (Phi) is 8.73. The number of rotatable bonds is 6. The van der Waals surface area contributed by atoms with E-state index >= 15 is 0 Å². The molecule has 12 nitrogen and oxygen atoms in total. The van der Waals surface area contributed by atoms with E-state index in [2.05, 4.69) is 15.5 Å². The summed E-state index contributed by atoms with van der Waals surface area (Å²) in [6.07, 6.45) is 0.0682. The first kappa shape index (κ1) is 27.3. The first-order valence-corrected chi connectivity index (χ1v) is 12.3. The molecule has 2 amide bonds. The Labute approximate surface area is 207 Å². The van der Waals surface area contributed by atoms with Gasteiger partial charge in [0.15, 0.2) is 11.9 Å². The molecule has 3 aliphatic heterocycles. The molecule has 3 saturated heterocycles. The van der Waals surface area contributed by atoms with Gasteiger partial charge in [0.25, 0.3) is 0 Å². The van der Waals surface area contributed by atoms with E-state index in [1.165, 1.54) is 7.11 Å². The van der Waals surface area contributed by atoms with Crippen molar-refractivity contribution in [2.75, 3.05) is 66.5 Å². The summed E-state index contributed by atoms with van der Waals surface area (Å²) in [5, 5.41) is 14.7. The molecule has 0 spiro atoms. The van der Waals surface area contributed by atoms with Gasteiger partial charge in [-0.25, -0.2) is 9.28 Å². The number of piperidine rings is 1. The molecular weight excluding hydrogens is 456 g/mol. The molecule has 3 N–H and O–H groups in total. The van der Waals surface area contributed by atoms with Gasteiger partial charge in [-0.15, -0.1) is 0 Å². The molecule has 3 heterocycles. The lowest BCUT2D eigenvalue weighted by atomic mass is 9.87. The highest BCUT2D eigenvalue weighted by atomic mass is 16.6. The molecule has 0 aromatic rings. The second kappa shape index (κ2) is 11.2. The van der Waals surface area contributed by atoms with Gasteiger partial charge in [0.05, 0.1) is 20.7 Å². The number of cyclic esters (lactones) is 1. The number of hydrogen-bond acceptors (Lipinski definition) is 10. The molecule has 3 rings (SSSR count). The van der Waals surface area contributed by atoms with Gasteiger partial charge < -0.3 is 19.5 Å². The lowest BCUT2D eigenvalue weighted by molar-refractivity contribution is -0.844. The molecule has 0 aromatic carbocycles. The van der Waals surface area contributed by atoms with Gasteiger partial charge >= 0.3 is 18.2 Å². The Morgan fingerprint density at radius 1 is 1.23 bits per heavy atom. The van der Waals surface area contributed by atoms with E-state index < -0.39 is 30.1 Å². The fraction of sp³-hybridized carbons (Fsp3) is 0.826. The Morgan fingerprint density at radius 3 is 2.43 bits per heavy atom. The second-order valence-corrected chi connectivity index (χ2v) is 10.7. The number of methoxy groups -OCH3 is 1. The van der Waals surface area contributed by atoms with Crippen LogP contribution < -0.4 is 10.6 Å². The van der Waals surface area contributed by atoms with Gasteiger partial charge in [-0.1, -0.05) is 0 Å². The summed E-state index contributed by atoms with van der Waals surface area (Å²) >= 11 is 0. The van der Waals surface area contributed by atoms with Crippen LogP contribution in [0.5, 0.6) is 0 Å². The van der Waals surface area contributed by atoms with Crippen molar-refractivity contribution in [1.29, 1.82) is 5.41 Å². The number of carbonyl (C=O) groups is 3. The minimum Gasteiger partial charge on any atom is -0.468 e. The molecule has 3 aliphatic rings. The van der Waals surface area contributed by atoms with Crippen molar-refractivity contribution in [2.45, 2.75) is 51.5 Å². The van der Waals surface area contributed by atoms with Crippen LogP contribution >= 0.6 is 0 Å². The predicted molar refractivity (Wildman–Crippen MR) is 128 cm³/mol. The third-order valence-corrected chi connectivity index (χ3v) is 6.96. The average molecular weight is 498 g/mol. The second-order valence-electron chi connectivity index (χ2n) is 10.7. The van der Waals surface area contributed by atoms with Gasteiger partial charge in [-0.3, -0.25) is 25.3 Å². The molecular formula is C23H41N6O6+. The Morgan fingerprint density at radius 2 is 1.86 bits per heavy atom. The molecule has 3 atom stereocenters.